The van der Waals surface area contributed by atoms with Crippen molar-refractivity contribution in [2.75, 3.05) is 0 Å². The van der Waals surface area contributed by atoms with E-state index in [9.17, 15) is 10.0 Å². The fourth-order valence-corrected chi connectivity index (χ4v) is 1.66. The lowest BCUT2D eigenvalue weighted by molar-refractivity contribution is -0.497. The van der Waals surface area contributed by atoms with E-state index in [2.05, 4.69) is 5.32 Å². The molecule has 1 aromatic carbocycles. The van der Waals surface area contributed by atoms with Gasteiger partial charge in [0, 0.05) is 12.6 Å². The molecule has 6 heteroatoms. The third kappa shape index (κ3) is 1.97. The number of carboxylic acid groups (broad SMARTS) is 1. The van der Waals surface area contributed by atoms with Gasteiger partial charge in [-0.1, -0.05) is 6.07 Å². The van der Waals surface area contributed by atoms with Gasteiger partial charge in [0.1, 0.15) is 11.7 Å². The number of carbonyl (C=O) groups is 1. The minimum Gasteiger partial charge on any atom is -0.630 e. The second kappa shape index (κ2) is 4.37. The number of hydrogen-bond donors (Lipinski definition) is 3. The number of carboxylic acids is 1. The number of quaternary nitrogens is 1. The summed E-state index contributed by atoms with van der Waals surface area (Å²) in [5, 5.41) is 22.2. The molecule has 1 heterocycles. The van der Waals surface area contributed by atoms with E-state index in [1.54, 1.807) is 18.2 Å². The summed E-state index contributed by atoms with van der Waals surface area (Å²) in [7, 11) is 0. The highest BCUT2D eigenvalue weighted by Gasteiger charge is 2.28. The predicted molar refractivity (Wildman–Crippen MR) is 52.2 cm³/mol. The van der Waals surface area contributed by atoms with Gasteiger partial charge in [0.25, 0.3) is 0 Å². The molecule has 1 aliphatic rings. The molecule has 15 heavy (non-hydrogen) atoms. The van der Waals surface area contributed by atoms with E-state index in [0.29, 0.717) is 17.8 Å². The van der Waals surface area contributed by atoms with Gasteiger partial charge in [-0.25, -0.2) is 0 Å². The van der Waals surface area contributed by atoms with E-state index in [0.717, 1.165) is 11.0 Å². The summed E-state index contributed by atoms with van der Waals surface area (Å²) in [4.78, 5) is 10.8. The summed E-state index contributed by atoms with van der Waals surface area (Å²) in [6.07, 6.45) is 0. The van der Waals surface area contributed by atoms with Crippen molar-refractivity contribution in [3.63, 3.8) is 0 Å². The lowest BCUT2D eigenvalue weighted by Crippen LogP contribution is -2.70. The topological polar surface area (TPSA) is 120 Å². The minimum atomic E-state index is -0.910. The Morgan fingerprint density at radius 2 is 2.33 bits per heavy atom. The van der Waals surface area contributed by atoms with Gasteiger partial charge in [-0.15, -0.1) is 0 Å². The van der Waals surface area contributed by atoms with Gasteiger partial charge < -0.3 is 21.3 Å². The fourth-order valence-electron chi connectivity index (χ4n) is 1.66. The van der Waals surface area contributed by atoms with Crippen LogP contribution in [0.3, 0.4) is 0 Å². The van der Waals surface area contributed by atoms with Crippen LogP contribution in [0.15, 0.2) is 18.2 Å². The van der Waals surface area contributed by atoms with E-state index in [1.165, 1.54) is 0 Å². The van der Waals surface area contributed by atoms with Crippen molar-refractivity contribution in [1.82, 2.24) is 5.32 Å². The molecule has 0 bridgehead atoms. The van der Waals surface area contributed by atoms with Crippen LogP contribution in [-0.4, -0.2) is 16.6 Å². The normalized spacial score (nSPS) is 18.1. The van der Waals surface area contributed by atoms with Gasteiger partial charge in [0.05, 0.1) is 0 Å². The van der Waals surface area contributed by atoms with Crippen LogP contribution in [0, 0.1) is 5.21 Å². The zero-order valence-corrected chi connectivity index (χ0v) is 7.86. The van der Waals surface area contributed by atoms with Crippen LogP contribution in [0.2, 0.25) is 0 Å². The number of benzene rings is 1. The van der Waals surface area contributed by atoms with Gasteiger partial charge >= 0.3 is 5.97 Å². The highest BCUT2D eigenvalue weighted by atomic mass is 16.5. The van der Waals surface area contributed by atoms with Gasteiger partial charge in [-0.05, 0) is 17.2 Å². The Balaban J connectivity index is 0.00000112. The highest BCUT2D eigenvalue weighted by molar-refractivity contribution is 5.77. The predicted octanol–water partition coefficient (Wildman–Crippen LogP) is -1.22. The lowest BCUT2D eigenvalue weighted by Gasteiger charge is -2.07. The third-order valence-electron chi connectivity index (χ3n) is 2.36. The molecule has 0 aromatic heterocycles. The number of hydrogen-bond acceptors (Lipinski definition) is 3. The van der Waals surface area contributed by atoms with Crippen molar-refractivity contribution in [3.8, 4) is 0 Å². The monoisotopic (exact) mass is 212 g/mol. The Morgan fingerprint density at radius 3 is 2.93 bits per heavy atom. The molecule has 82 valence electrons. The molecular formula is C9H12N2O4. The van der Waals surface area contributed by atoms with E-state index in [-0.39, 0.29) is 5.48 Å². The number of nitrogens with two attached hydrogens (primary N) is 1. The molecule has 0 amide bonds. The van der Waals surface area contributed by atoms with Gasteiger partial charge in [-0.2, -0.15) is 0 Å². The first kappa shape index (κ1) is 11.6. The molecule has 0 saturated heterocycles. The van der Waals surface area contributed by atoms with E-state index >= 15 is 0 Å². The number of aliphatic carboxylic acids is 1. The van der Waals surface area contributed by atoms with Crippen molar-refractivity contribution in [3.05, 3.63) is 34.5 Å². The van der Waals surface area contributed by atoms with E-state index in [4.69, 9.17) is 5.11 Å². The Labute approximate surface area is 85.8 Å². The average molecular weight is 212 g/mol. The molecule has 2 rings (SSSR count). The first-order valence-electron chi connectivity index (χ1n) is 4.26. The summed E-state index contributed by atoms with van der Waals surface area (Å²) < 4.78 is 0. The van der Waals surface area contributed by atoms with Crippen molar-refractivity contribution in [1.29, 1.82) is 0 Å². The van der Waals surface area contributed by atoms with Crippen molar-refractivity contribution < 1.29 is 20.9 Å². The van der Waals surface area contributed by atoms with Crippen molar-refractivity contribution >= 4 is 11.7 Å². The van der Waals surface area contributed by atoms with E-state index < -0.39 is 12.0 Å². The van der Waals surface area contributed by atoms with E-state index in [1.807, 2.05) is 0 Å². The number of fused-ring (bicyclic) bond motifs is 1. The first-order valence-corrected chi connectivity index (χ1v) is 4.26. The van der Waals surface area contributed by atoms with Crippen LogP contribution in [0.25, 0.3) is 0 Å². The Morgan fingerprint density at radius 1 is 1.60 bits per heavy atom. The van der Waals surface area contributed by atoms with Crippen molar-refractivity contribution in [2.24, 2.45) is 0 Å². The summed E-state index contributed by atoms with van der Waals surface area (Å²) >= 11 is 0. The Kier molecular flexibility index (Phi) is 3.38. The lowest BCUT2D eigenvalue weighted by atomic mass is 10.0. The third-order valence-corrected chi connectivity index (χ3v) is 2.36. The zero-order chi connectivity index (χ0) is 10.1. The van der Waals surface area contributed by atoms with Crippen LogP contribution in [-0.2, 0) is 11.3 Å². The maximum absolute atomic E-state index is 10.8. The van der Waals surface area contributed by atoms with Gasteiger partial charge in [-0.3, -0.25) is 10.1 Å². The Bertz CT molecular complexity index is 380. The van der Waals surface area contributed by atoms with Crippen LogP contribution >= 0.6 is 0 Å². The smallest absolute Gasteiger partial charge is 0.325 e. The molecule has 0 aliphatic carbocycles. The molecular weight excluding hydrogens is 200 g/mol. The molecule has 0 saturated carbocycles. The minimum absolute atomic E-state index is 0. The molecule has 6 nitrogen and oxygen atoms in total. The molecule has 0 spiro atoms. The summed E-state index contributed by atoms with van der Waals surface area (Å²) in [6.45, 7) is 0.547. The van der Waals surface area contributed by atoms with Crippen LogP contribution in [0.1, 0.15) is 17.2 Å². The van der Waals surface area contributed by atoms with Gasteiger partial charge in [0.15, 0.2) is 0 Å². The molecule has 0 fully saturated rings. The second-order valence-electron chi connectivity index (χ2n) is 3.23. The molecule has 1 atom stereocenters. The zero-order valence-electron chi connectivity index (χ0n) is 7.86. The summed E-state index contributed by atoms with van der Waals surface area (Å²) in [5.41, 5.74) is 2.88. The maximum Gasteiger partial charge on any atom is 0.325 e. The van der Waals surface area contributed by atoms with Crippen molar-refractivity contribution in [2.45, 2.75) is 12.6 Å². The van der Waals surface area contributed by atoms with Crippen LogP contribution in [0.4, 0.5) is 5.69 Å². The molecule has 1 aliphatic heterocycles. The fraction of sp³-hybridized carbons (Fsp3) is 0.222. The average Bonchev–Trinajstić information content (AvgIpc) is 2.59. The second-order valence-corrected chi connectivity index (χ2v) is 3.23. The quantitative estimate of drug-likeness (QED) is 0.420. The molecule has 0 unspecified atom stereocenters. The number of nitrogens with one attached hydrogen (secondary N) is 1. The van der Waals surface area contributed by atoms with Crippen LogP contribution < -0.4 is 10.8 Å². The summed E-state index contributed by atoms with van der Waals surface area (Å²) in [6, 6.07) is 4.43. The van der Waals surface area contributed by atoms with Crippen LogP contribution in [0.5, 0.6) is 0 Å². The summed E-state index contributed by atoms with van der Waals surface area (Å²) in [5.74, 6) is -0.910. The first-order chi connectivity index (χ1) is 6.72. The van der Waals surface area contributed by atoms with Gasteiger partial charge in [0.2, 0.25) is 0 Å². The highest BCUT2D eigenvalue weighted by Crippen LogP contribution is 2.26. The Hall–Kier alpha value is -1.47. The standard InChI is InChI=1S/C9H10N2O3.H2O/c12-9(13)8-7-3-6(11-14)2-1-5(7)4-10-8;/h1-3,8,10H,4,11H2,(H,12,13);1H2/t8-;/m0./s1. The number of rotatable bonds is 2. The maximum atomic E-state index is 10.8. The SMILES string of the molecule is O.O=C(O)[C@H]1NCc2ccc([NH2+][O-])cc21. The molecule has 1 aromatic rings. The molecule has 0 radical (unpaired) electrons. The largest absolute Gasteiger partial charge is 0.630 e. The molecule has 6 N–H and O–H groups in total.